The molecule has 1 fully saturated rings. The second kappa shape index (κ2) is 7.56. The number of ether oxygens (including phenoxy) is 1. The van der Waals surface area contributed by atoms with Gasteiger partial charge in [0.2, 0.25) is 11.8 Å². The largest absolute Gasteiger partial charge is 0.385 e. The van der Waals surface area contributed by atoms with Gasteiger partial charge in [0, 0.05) is 25.9 Å². The van der Waals surface area contributed by atoms with Crippen LogP contribution >= 0.6 is 11.6 Å². The van der Waals surface area contributed by atoms with Crippen LogP contribution in [0.1, 0.15) is 12.8 Å². The maximum atomic E-state index is 13.0. The van der Waals surface area contributed by atoms with Crippen LogP contribution < -0.4 is 10.6 Å². The van der Waals surface area contributed by atoms with Crippen LogP contribution in [0.25, 0.3) is 0 Å². The predicted molar refractivity (Wildman–Crippen MR) is 81.1 cm³/mol. The molecule has 1 aromatic rings. The zero-order valence-corrected chi connectivity index (χ0v) is 13.0. The SMILES string of the molecule is COCCCNC(=O)C1CC1C(=O)Nc1ccc(F)c(Cl)c1. The summed E-state index contributed by atoms with van der Waals surface area (Å²) >= 11 is 5.65. The molecule has 1 aliphatic rings. The molecule has 0 aliphatic heterocycles. The lowest BCUT2D eigenvalue weighted by Gasteiger charge is -2.06. The van der Waals surface area contributed by atoms with E-state index in [0.717, 1.165) is 6.42 Å². The lowest BCUT2D eigenvalue weighted by Crippen LogP contribution is -2.28. The Balaban J connectivity index is 1.78. The summed E-state index contributed by atoms with van der Waals surface area (Å²) < 4.78 is 17.9. The Labute approximate surface area is 133 Å². The van der Waals surface area contributed by atoms with E-state index in [0.29, 0.717) is 25.3 Å². The van der Waals surface area contributed by atoms with Gasteiger partial charge in [-0.3, -0.25) is 9.59 Å². The van der Waals surface area contributed by atoms with E-state index >= 15 is 0 Å². The van der Waals surface area contributed by atoms with Crippen LogP contribution in [0.3, 0.4) is 0 Å². The minimum atomic E-state index is -0.542. The highest BCUT2D eigenvalue weighted by Crippen LogP contribution is 2.39. The monoisotopic (exact) mass is 328 g/mol. The zero-order chi connectivity index (χ0) is 16.1. The first kappa shape index (κ1) is 16.7. The summed E-state index contributed by atoms with van der Waals surface area (Å²) in [6.45, 7) is 1.12. The van der Waals surface area contributed by atoms with Gasteiger partial charge in [0.15, 0.2) is 0 Å². The lowest BCUT2D eigenvalue weighted by atomic mass is 10.2. The maximum Gasteiger partial charge on any atom is 0.228 e. The van der Waals surface area contributed by atoms with Crippen LogP contribution in [0.15, 0.2) is 18.2 Å². The van der Waals surface area contributed by atoms with Crippen LogP contribution in [0, 0.1) is 17.7 Å². The minimum Gasteiger partial charge on any atom is -0.385 e. The fraction of sp³-hybridized carbons (Fsp3) is 0.467. The van der Waals surface area contributed by atoms with Crippen molar-refractivity contribution < 1.29 is 18.7 Å². The van der Waals surface area contributed by atoms with Gasteiger partial charge in [-0.2, -0.15) is 0 Å². The predicted octanol–water partition coefficient (Wildman–Crippen LogP) is 2.21. The quantitative estimate of drug-likeness (QED) is 0.754. The molecule has 0 spiro atoms. The van der Waals surface area contributed by atoms with E-state index in [1.165, 1.54) is 18.2 Å². The van der Waals surface area contributed by atoms with E-state index < -0.39 is 5.82 Å². The molecule has 0 heterocycles. The fourth-order valence-electron chi connectivity index (χ4n) is 2.14. The Kier molecular flexibility index (Phi) is 5.74. The molecule has 1 aliphatic carbocycles. The molecular formula is C15H18ClFN2O3. The molecule has 22 heavy (non-hydrogen) atoms. The van der Waals surface area contributed by atoms with E-state index in [1.54, 1.807) is 7.11 Å². The van der Waals surface area contributed by atoms with Gasteiger partial charge in [-0.15, -0.1) is 0 Å². The van der Waals surface area contributed by atoms with Gasteiger partial charge in [-0.05, 0) is 31.0 Å². The molecule has 2 atom stereocenters. The molecule has 2 rings (SSSR count). The summed E-state index contributed by atoms with van der Waals surface area (Å²) in [5.74, 6) is -1.54. The molecular weight excluding hydrogens is 311 g/mol. The summed E-state index contributed by atoms with van der Waals surface area (Å²) in [5.41, 5.74) is 0.419. The number of benzene rings is 1. The molecule has 1 aromatic carbocycles. The summed E-state index contributed by atoms with van der Waals surface area (Å²) in [5, 5.41) is 5.36. The molecule has 0 radical (unpaired) electrons. The van der Waals surface area contributed by atoms with Crippen molar-refractivity contribution in [1.29, 1.82) is 0 Å². The topological polar surface area (TPSA) is 67.4 Å². The third kappa shape index (κ3) is 4.42. The molecule has 0 aromatic heterocycles. The summed E-state index contributed by atoms with van der Waals surface area (Å²) in [4.78, 5) is 23.8. The third-order valence-corrected chi connectivity index (χ3v) is 3.77. The molecule has 0 saturated heterocycles. The molecule has 0 bridgehead atoms. The number of amides is 2. The van der Waals surface area contributed by atoms with E-state index in [9.17, 15) is 14.0 Å². The van der Waals surface area contributed by atoms with E-state index in [4.69, 9.17) is 16.3 Å². The molecule has 7 heteroatoms. The van der Waals surface area contributed by atoms with E-state index in [-0.39, 0.29) is 28.7 Å². The van der Waals surface area contributed by atoms with Crippen LogP contribution in [0.2, 0.25) is 5.02 Å². The van der Waals surface area contributed by atoms with Gasteiger partial charge < -0.3 is 15.4 Å². The molecule has 5 nitrogen and oxygen atoms in total. The average molecular weight is 329 g/mol. The fourth-order valence-corrected chi connectivity index (χ4v) is 2.32. The summed E-state index contributed by atoms with van der Waals surface area (Å²) in [6, 6.07) is 3.96. The van der Waals surface area contributed by atoms with Crippen LogP contribution in [0.4, 0.5) is 10.1 Å². The molecule has 1 saturated carbocycles. The zero-order valence-electron chi connectivity index (χ0n) is 12.2. The van der Waals surface area contributed by atoms with Gasteiger partial charge in [0.1, 0.15) is 5.82 Å². The van der Waals surface area contributed by atoms with E-state index in [2.05, 4.69) is 10.6 Å². The van der Waals surface area contributed by atoms with Crippen LogP contribution in [-0.4, -0.2) is 32.1 Å². The Hall–Kier alpha value is -1.66. The van der Waals surface area contributed by atoms with E-state index in [1.807, 2.05) is 0 Å². The average Bonchev–Trinajstić information content (AvgIpc) is 3.28. The smallest absolute Gasteiger partial charge is 0.228 e. The van der Waals surface area contributed by atoms with Crippen LogP contribution in [0.5, 0.6) is 0 Å². The number of methoxy groups -OCH3 is 1. The number of anilines is 1. The maximum absolute atomic E-state index is 13.0. The molecule has 2 N–H and O–H groups in total. The number of carbonyl (C=O) groups excluding carboxylic acids is 2. The number of rotatable bonds is 7. The first-order valence-corrected chi connectivity index (χ1v) is 7.43. The van der Waals surface area contributed by atoms with Crippen molar-refractivity contribution in [3.63, 3.8) is 0 Å². The van der Waals surface area contributed by atoms with Gasteiger partial charge in [-0.1, -0.05) is 11.6 Å². The molecule has 2 amide bonds. The first-order chi connectivity index (χ1) is 10.5. The summed E-state index contributed by atoms with van der Waals surface area (Å²) in [7, 11) is 1.60. The van der Waals surface area contributed by atoms with Gasteiger partial charge in [0.05, 0.1) is 16.9 Å². The van der Waals surface area contributed by atoms with Gasteiger partial charge in [-0.25, -0.2) is 4.39 Å². The Morgan fingerprint density at radius 2 is 2.09 bits per heavy atom. The highest BCUT2D eigenvalue weighted by atomic mass is 35.5. The second-order valence-corrected chi connectivity index (χ2v) is 5.61. The number of hydrogen-bond acceptors (Lipinski definition) is 3. The van der Waals surface area contributed by atoms with Crippen molar-refractivity contribution in [2.75, 3.05) is 25.6 Å². The Morgan fingerprint density at radius 3 is 2.77 bits per heavy atom. The standard InChI is InChI=1S/C15H18ClFN2O3/c1-22-6-2-5-18-14(20)10-8-11(10)15(21)19-9-3-4-13(17)12(16)7-9/h3-4,7,10-11H,2,5-6,8H2,1H3,(H,18,20)(H,19,21). The summed E-state index contributed by atoms with van der Waals surface area (Å²) in [6.07, 6.45) is 1.26. The van der Waals surface area contributed by atoms with Gasteiger partial charge in [0.25, 0.3) is 0 Å². The van der Waals surface area contributed by atoms with Crippen molar-refractivity contribution in [3.05, 3.63) is 29.0 Å². The first-order valence-electron chi connectivity index (χ1n) is 7.05. The van der Waals surface area contributed by atoms with Crippen molar-refractivity contribution in [1.82, 2.24) is 5.32 Å². The molecule has 2 unspecified atom stereocenters. The number of nitrogens with one attached hydrogen (secondary N) is 2. The van der Waals surface area contributed by atoms with Crippen molar-refractivity contribution in [2.45, 2.75) is 12.8 Å². The van der Waals surface area contributed by atoms with Crippen molar-refractivity contribution in [2.24, 2.45) is 11.8 Å². The highest BCUT2D eigenvalue weighted by Gasteiger charge is 2.47. The second-order valence-electron chi connectivity index (χ2n) is 5.20. The third-order valence-electron chi connectivity index (χ3n) is 3.48. The highest BCUT2D eigenvalue weighted by molar-refractivity contribution is 6.31. The number of carbonyl (C=O) groups is 2. The number of halogens is 2. The Morgan fingerprint density at radius 1 is 1.36 bits per heavy atom. The lowest BCUT2D eigenvalue weighted by molar-refractivity contribution is -0.125. The molecule has 120 valence electrons. The Bertz CT molecular complexity index is 568. The number of hydrogen-bond donors (Lipinski definition) is 2. The van der Waals surface area contributed by atoms with Crippen molar-refractivity contribution >= 4 is 29.1 Å². The minimum absolute atomic E-state index is 0.0546. The van der Waals surface area contributed by atoms with Crippen molar-refractivity contribution in [3.8, 4) is 0 Å². The van der Waals surface area contributed by atoms with Gasteiger partial charge >= 0.3 is 0 Å². The normalized spacial score (nSPS) is 19.6. The van der Waals surface area contributed by atoms with Crippen LogP contribution in [-0.2, 0) is 14.3 Å².